The van der Waals surface area contributed by atoms with Gasteiger partial charge in [0.1, 0.15) is 0 Å². The predicted octanol–water partition coefficient (Wildman–Crippen LogP) is 0.628. The summed E-state index contributed by atoms with van der Waals surface area (Å²) in [5.74, 6) is 0.0984. The third-order valence-electron chi connectivity index (χ3n) is 3.88. The molecule has 3 atom stereocenters. The number of nitrogens with two attached hydrogens (primary N) is 1. The molecule has 2 unspecified atom stereocenters. The molecule has 2 saturated heterocycles. The summed E-state index contributed by atoms with van der Waals surface area (Å²) in [6.07, 6.45) is 5.03. The largest absolute Gasteiger partial charge is 0.393 e. The highest BCUT2D eigenvalue weighted by Gasteiger charge is 2.43. The highest BCUT2D eigenvalue weighted by molar-refractivity contribution is 5.82. The number of amides is 1. The van der Waals surface area contributed by atoms with Gasteiger partial charge in [-0.3, -0.25) is 4.79 Å². The van der Waals surface area contributed by atoms with Gasteiger partial charge in [0.15, 0.2) is 0 Å². The first-order valence-electron chi connectivity index (χ1n) is 6.39. The van der Waals surface area contributed by atoms with Gasteiger partial charge < -0.3 is 15.7 Å². The van der Waals surface area contributed by atoms with Crippen LogP contribution in [0.1, 0.15) is 45.4 Å². The number of carbonyl (C=O) groups excluding carboxylic acids is 1. The molecule has 2 rings (SSSR count). The molecule has 2 fully saturated rings. The van der Waals surface area contributed by atoms with E-state index in [-0.39, 0.29) is 30.1 Å². The smallest absolute Gasteiger partial charge is 0.239 e. The van der Waals surface area contributed by atoms with E-state index < -0.39 is 0 Å². The second kappa shape index (κ2) is 4.72. The second-order valence-corrected chi connectivity index (χ2v) is 5.15. The van der Waals surface area contributed by atoms with Crippen molar-refractivity contribution in [3.05, 3.63) is 0 Å². The summed E-state index contributed by atoms with van der Waals surface area (Å²) in [4.78, 5) is 14.1. The van der Waals surface area contributed by atoms with Gasteiger partial charge in [-0.2, -0.15) is 0 Å². The maximum Gasteiger partial charge on any atom is 0.239 e. The summed E-state index contributed by atoms with van der Waals surface area (Å²) in [6.45, 7) is 2.04. The molecule has 2 aliphatic heterocycles. The minimum absolute atomic E-state index is 0.0984. The van der Waals surface area contributed by atoms with Crippen LogP contribution in [0.4, 0.5) is 0 Å². The summed E-state index contributed by atoms with van der Waals surface area (Å²) in [5, 5.41) is 9.66. The summed E-state index contributed by atoms with van der Waals surface area (Å²) < 4.78 is 0. The number of aliphatic hydroxyl groups is 1. The number of hydrogen-bond acceptors (Lipinski definition) is 3. The van der Waals surface area contributed by atoms with Gasteiger partial charge in [0.25, 0.3) is 0 Å². The van der Waals surface area contributed by atoms with Crippen LogP contribution in [0.15, 0.2) is 0 Å². The first-order valence-corrected chi connectivity index (χ1v) is 6.39. The Balaban J connectivity index is 2.02. The average molecular weight is 226 g/mol. The number of nitrogens with zero attached hydrogens (tertiary/aromatic N) is 1. The Hall–Kier alpha value is -0.610. The molecule has 0 aliphatic carbocycles. The topological polar surface area (TPSA) is 66.6 Å². The van der Waals surface area contributed by atoms with Gasteiger partial charge in [-0.1, -0.05) is 13.3 Å². The Kier molecular flexibility index (Phi) is 3.50. The summed E-state index contributed by atoms with van der Waals surface area (Å²) in [6, 6.07) is 0.136. The highest BCUT2D eigenvalue weighted by atomic mass is 16.3. The van der Waals surface area contributed by atoms with Crippen molar-refractivity contribution in [3.63, 3.8) is 0 Å². The SMILES string of the molecule is CCC[C@@H](N)C(=O)N1C2CCC1CC(O)C2. The summed E-state index contributed by atoms with van der Waals surface area (Å²) >= 11 is 0. The number of hydrogen-bond donors (Lipinski definition) is 2. The fourth-order valence-corrected chi connectivity index (χ4v) is 3.13. The molecule has 92 valence electrons. The van der Waals surface area contributed by atoms with Crippen LogP contribution in [0.25, 0.3) is 0 Å². The van der Waals surface area contributed by atoms with E-state index in [4.69, 9.17) is 5.73 Å². The number of fused-ring (bicyclic) bond motifs is 2. The summed E-state index contributed by atoms with van der Waals surface area (Å²) in [7, 11) is 0. The zero-order valence-corrected chi connectivity index (χ0v) is 9.93. The molecular formula is C12H22N2O2. The Morgan fingerprint density at radius 3 is 2.50 bits per heavy atom. The predicted molar refractivity (Wildman–Crippen MR) is 61.8 cm³/mol. The lowest BCUT2D eigenvalue weighted by molar-refractivity contribution is -0.139. The number of rotatable bonds is 3. The second-order valence-electron chi connectivity index (χ2n) is 5.15. The maximum absolute atomic E-state index is 12.2. The van der Waals surface area contributed by atoms with Crippen LogP contribution in [-0.4, -0.2) is 40.1 Å². The van der Waals surface area contributed by atoms with Crippen molar-refractivity contribution in [1.29, 1.82) is 0 Å². The fourth-order valence-electron chi connectivity index (χ4n) is 3.13. The first kappa shape index (κ1) is 11.9. The van der Waals surface area contributed by atoms with Crippen molar-refractivity contribution < 1.29 is 9.90 Å². The zero-order chi connectivity index (χ0) is 11.7. The molecule has 0 spiro atoms. The van der Waals surface area contributed by atoms with E-state index in [0.29, 0.717) is 0 Å². The molecule has 16 heavy (non-hydrogen) atoms. The van der Waals surface area contributed by atoms with Crippen molar-refractivity contribution in [2.24, 2.45) is 5.73 Å². The molecule has 4 heteroatoms. The van der Waals surface area contributed by atoms with E-state index in [0.717, 1.165) is 38.5 Å². The number of carbonyl (C=O) groups is 1. The van der Waals surface area contributed by atoms with Crippen molar-refractivity contribution in [2.75, 3.05) is 0 Å². The van der Waals surface area contributed by atoms with Crippen LogP contribution in [0.2, 0.25) is 0 Å². The van der Waals surface area contributed by atoms with E-state index in [9.17, 15) is 9.90 Å². The Labute approximate surface area is 96.8 Å². The Bertz CT molecular complexity index is 256. The molecule has 2 heterocycles. The van der Waals surface area contributed by atoms with Gasteiger partial charge in [0, 0.05) is 12.1 Å². The van der Waals surface area contributed by atoms with E-state index in [1.165, 1.54) is 0 Å². The Morgan fingerprint density at radius 2 is 2.00 bits per heavy atom. The molecule has 1 amide bonds. The quantitative estimate of drug-likeness (QED) is 0.741. The third-order valence-corrected chi connectivity index (χ3v) is 3.88. The molecular weight excluding hydrogens is 204 g/mol. The lowest BCUT2D eigenvalue weighted by Crippen LogP contribution is -2.53. The van der Waals surface area contributed by atoms with Crippen molar-refractivity contribution in [3.8, 4) is 0 Å². The lowest BCUT2D eigenvalue weighted by Gasteiger charge is -2.38. The van der Waals surface area contributed by atoms with E-state index in [2.05, 4.69) is 0 Å². The van der Waals surface area contributed by atoms with Crippen molar-refractivity contribution in [2.45, 2.75) is 69.7 Å². The number of piperidine rings is 1. The minimum Gasteiger partial charge on any atom is -0.393 e. The van der Waals surface area contributed by atoms with Crippen LogP contribution in [0.3, 0.4) is 0 Å². The highest BCUT2D eigenvalue weighted by Crippen LogP contribution is 2.36. The zero-order valence-electron chi connectivity index (χ0n) is 9.93. The van der Waals surface area contributed by atoms with E-state index in [1.807, 2.05) is 11.8 Å². The molecule has 0 saturated carbocycles. The van der Waals surface area contributed by atoms with Crippen LogP contribution >= 0.6 is 0 Å². The van der Waals surface area contributed by atoms with Crippen LogP contribution in [0, 0.1) is 0 Å². The van der Waals surface area contributed by atoms with Gasteiger partial charge in [-0.25, -0.2) is 0 Å². The van der Waals surface area contributed by atoms with Crippen molar-refractivity contribution in [1.82, 2.24) is 4.90 Å². The normalized spacial score (nSPS) is 35.2. The molecule has 0 aromatic rings. The van der Waals surface area contributed by atoms with Gasteiger partial charge in [0.05, 0.1) is 12.1 Å². The van der Waals surface area contributed by atoms with E-state index in [1.54, 1.807) is 0 Å². The van der Waals surface area contributed by atoms with Gasteiger partial charge in [-0.05, 0) is 32.1 Å². The number of aliphatic hydroxyl groups excluding tert-OH is 1. The lowest BCUT2D eigenvalue weighted by atomic mass is 9.98. The van der Waals surface area contributed by atoms with Gasteiger partial charge in [-0.15, -0.1) is 0 Å². The third kappa shape index (κ3) is 2.09. The minimum atomic E-state index is -0.344. The molecule has 2 bridgehead atoms. The first-order chi connectivity index (χ1) is 7.63. The van der Waals surface area contributed by atoms with Crippen LogP contribution < -0.4 is 5.73 Å². The fraction of sp³-hybridized carbons (Fsp3) is 0.917. The maximum atomic E-state index is 12.2. The molecule has 0 radical (unpaired) electrons. The van der Waals surface area contributed by atoms with Gasteiger partial charge >= 0.3 is 0 Å². The van der Waals surface area contributed by atoms with Gasteiger partial charge in [0.2, 0.25) is 5.91 Å². The summed E-state index contributed by atoms with van der Waals surface area (Å²) in [5.41, 5.74) is 5.89. The standard InChI is InChI=1S/C12H22N2O2/c1-2-3-11(13)12(16)14-8-4-5-9(14)7-10(15)6-8/h8-11,15H,2-7,13H2,1H3/t8?,9?,10?,11-/m1/s1. The Morgan fingerprint density at radius 1 is 1.44 bits per heavy atom. The van der Waals surface area contributed by atoms with Crippen LogP contribution in [0.5, 0.6) is 0 Å². The monoisotopic (exact) mass is 226 g/mol. The van der Waals surface area contributed by atoms with E-state index >= 15 is 0 Å². The molecule has 2 aliphatic rings. The molecule has 4 nitrogen and oxygen atoms in total. The van der Waals surface area contributed by atoms with Crippen LogP contribution in [-0.2, 0) is 4.79 Å². The molecule has 3 N–H and O–H groups in total. The average Bonchev–Trinajstić information content (AvgIpc) is 2.50. The molecule has 0 aromatic heterocycles. The molecule has 0 aromatic carbocycles. The van der Waals surface area contributed by atoms with Crippen molar-refractivity contribution >= 4 is 5.91 Å².